The SMILES string of the molecule is O=CCc1nc2c([nH]1)CCCC2. The minimum Gasteiger partial charge on any atom is -0.345 e. The monoisotopic (exact) mass is 164 g/mol. The van der Waals surface area contributed by atoms with Crippen LogP contribution in [0.4, 0.5) is 0 Å². The van der Waals surface area contributed by atoms with Crippen molar-refractivity contribution in [1.82, 2.24) is 9.97 Å². The maximum absolute atomic E-state index is 10.2. The molecule has 1 aromatic rings. The molecule has 1 aliphatic carbocycles. The van der Waals surface area contributed by atoms with E-state index in [4.69, 9.17) is 0 Å². The molecule has 12 heavy (non-hydrogen) atoms. The maximum atomic E-state index is 10.2. The number of aryl methyl sites for hydroxylation is 2. The van der Waals surface area contributed by atoms with E-state index in [9.17, 15) is 4.79 Å². The van der Waals surface area contributed by atoms with Crippen LogP contribution < -0.4 is 0 Å². The van der Waals surface area contributed by atoms with Gasteiger partial charge >= 0.3 is 0 Å². The molecule has 3 heteroatoms. The number of nitrogens with one attached hydrogen (secondary N) is 1. The van der Waals surface area contributed by atoms with Gasteiger partial charge in [-0.05, 0) is 25.7 Å². The lowest BCUT2D eigenvalue weighted by Crippen LogP contribution is -2.00. The molecule has 0 saturated carbocycles. The first kappa shape index (κ1) is 7.53. The summed E-state index contributed by atoms with van der Waals surface area (Å²) >= 11 is 0. The van der Waals surface area contributed by atoms with Gasteiger partial charge in [0.2, 0.25) is 0 Å². The highest BCUT2D eigenvalue weighted by molar-refractivity contribution is 5.52. The molecule has 0 unspecified atom stereocenters. The van der Waals surface area contributed by atoms with Crippen LogP contribution in [0.15, 0.2) is 0 Å². The van der Waals surface area contributed by atoms with Gasteiger partial charge in [0.15, 0.2) is 0 Å². The predicted octanol–water partition coefficient (Wildman–Crippen LogP) is 1.03. The summed E-state index contributed by atoms with van der Waals surface area (Å²) in [6.45, 7) is 0. The summed E-state index contributed by atoms with van der Waals surface area (Å²) in [7, 11) is 0. The van der Waals surface area contributed by atoms with E-state index < -0.39 is 0 Å². The van der Waals surface area contributed by atoms with Crippen molar-refractivity contribution < 1.29 is 4.79 Å². The summed E-state index contributed by atoms with van der Waals surface area (Å²) in [5.74, 6) is 0.830. The van der Waals surface area contributed by atoms with Gasteiger partial charge in [-0.25, -0.2) is 4.98 Å². The van der Waals surface area contributed by atoms with Crippen molar-refractivity contribution in [2.45, 2.75) is 32.1 Å². The second-order valence-electron chi connectivity index (χ2n) is 3.19. The van der Waals surface area contributed by atoms with Gasteiger partial charge in [-0.3, -0.25) is 0 Å². The van der Waals surface area contributed by atoms with Gasteiger partial charge in [0.05, 0.1) is 12.1 Å². The molecule has 3 nitrogen and oxygen atoms in total. The summed E-state index contributed by atoms with van der Waals surface area (Å²) < 4.78 is 0. The quantitative estimate of drug-likeness (QED) is 0.663. The maximum Gasteiger partial charge on any atom is 0.127 e. The minimum atomic E-state index is 0.424. The zero-order chi connectivity index (χ0) is 8.39. The van der Waals surface area contributed by atoms with Crippen LogP contribution in [0.25, 0.3) is 0 Å². The largest absolute Gasteiger partial charge is 0.345 e. The van der Waals surface area contributed by atoms with E-state index >= 15 is 0 Å². The number of nitrogens with zero attached hydrogens (tertiary/aromatic N) is 1. The summed E-state index contributed by atoms with van der Waals surface area (Å²) in [5.41, 5.74) is 2.43. The molecule has 64 valence electrons. The Balaban J connectivity index is 2.25. The molecule has 1 aliphatic rings. The van der Waals surface area contributed by atoms with Crippen molar-refractivity contribution in [3.63, 3.8) is 0 Å². The Labute approximate surface area is 71.2 Å². The third kappa shape index (κ3) is 1.26. The highest BCUT2D eigenvalue weighted by atomic mass is 16.1. The molecule has 0 radical (unpaired) electrons. The van der Waals surface area contributed by atoms with Crippen molar-refractivity contribution in [1.29, 1.82) is 0 Å². The molecule has 0 spiro atoms. The Hall–Kier alpha value is -1.12. The van der Waals surface area contributed by atoms with Crippen LogP contribution in [0, 0.1) is 0 Å². The van der Waals surface area contributed by atoms with Crippen molar-refractivity contribution >= 4 is 6.29 Å². The van der Waals surface area contributed by atoms with Crippen molar-refractivity contribution in [3.8, 4) is 0 Å². The molecule has 1 heterocycles. The summed E-state index contributed by atoms with van der Waals surface area (Å²) in [5, 5.41) is 0. The lowest BCUT2D eigenvalue weighted by atomic mass is 10.0. The van der Waals surface area contributed by atoms with Gasteiger partial charge in [-0.15, -0.1) is 0 Å². The average Bonchev–Trinajstić information content (AvgIpc) is 2.47. The number of hydrogen-bond donors (Lipinski definition) is 1. The number of carbonyl (C=O) groups is 1. The summed E-state index contributed by atoms with van der Waals surface area (Å²) in [6.07, 6.45) is 5.97. The molecule has 0 aromatic carbocycles. The van der Waals surface area contributed by atoms with Crippen molar-refractivity contribution in [2.24, 2.45) is 0 Å². The van der Waals surface area contributed by atoms with Crippen molar-refractivity contribution in [2.75, 3.05) is 0 Å². The smallest absolute Gasteiger partial charge is 0.127 e. The fourth-order valence-corrected chi connectivity index (χ4v) is 1.69. The van der Waals surface area contributed by atoms with Crippen LogP contribution in [0.3, 0.4) is 0 Å². The van der Waals surface area contributed by atoms with Gasteiger partial charge in [-0.2, -0.15) is 0 Å². The minimum absolute atomic E-state index is 0.424. The number of H-pyrrole nitrogens is 1. The van der Waals surface area contributed by atoms with E-state index in [-0.39, 0.29) is 0 Å². The number of hydrogen-bond acceptors (Lipinski definition) is 2. The first-order chi connectivity index (χ1) is 5.90. The molecule has 0 atom stereocenters. The van der Waals surface area contributed by atoms with Gasteiger partial charge in [0.1, 0.15) is 12.1 Å². The summed E-state index contributed by atoms with van der Waals surface area (Å²) in [6, 6.07) is 0. The van der Waals surface area contributed by atoms with Gasteiger partial charge in [-0.1, -0.05) is 0 Å². The van der Waals surface area contributed by atoms with E-state index in [0.29, 0.717) is 6.42 Å². The van der Waals surface area contributed by atoms with Crippen LogP contribution in [-0.2, 0) is 24.1 Å². The molecular weight excluding hydrogens is 152 g/mol. The third-order valence-electron chi connectivity index (χ3n) is 2.28. The van der Waals surface area contributed by atoms with Crippen LogP contribution in [0.1, 0.15) is 30.1 Å². The second kappa shape index (κ2) is 3.09. The number of fused-ring (bicyclic) bond motifs is 1. The highest BCUT2D eigenvalue weighted by Gasteiger charge is 2.13. The zero-order valence-electron chi connectivity index (χ0n) is 6.97. The van der Waals surface area contributed by atoms with Gasteiger partial charge < -0.3 is 9.78 Å². The van der Waals surface area contributed by atoms with Crippen LogP contribution in [0.5, 0.6) is 0 Å². The van der Waals surface area contributed by atoms with E-state index in [1.165, 1.54) is 24.2 Å². The third-order valence-corrected chi connectivity index (χ3v) is 2.28. The van der Waals surface area contributed by atoms with E-state index in [1.807, 2.05) is 0 Å². The fourth-order valence-electron chi connectivity index (χ4n) is 1.69. The van der Waals surface area contributed by atoms with Gasteiger partial charge in [0.25, 0.3) is 0 Å². The van der Waals surface area contributed by atoms with Crippen LogP contribution >= 0.6 is 0 Å². The number of carbonyl (C=O) groups excluding carboxylic acids is 1. The second-order valence-corrected chi connectivity index (χ2v) is 3.19. The molecule has 2 rings (SSSR count). The highest BCUT2D eigenvalue weighted by Crippen LogP contribution is 2.18. The van der Waals surface area contributed by atoms with E-state index in [2.05, 4.69) is 9.97 Å². The molecule has 0 saturated heterocycles. The zero-order valence-corrected chi connectivity index (χ0v) is 6.97. The number of rotatable bonds is 2. The Morgan fingerprint density at radius 3 is 3.00 bits per heavy atom. The lowest BCUT2D eigenvalue weighted by molar-refractivity contribution is -0.107. The van der Waals surface area contributed by atoms with Crippen LogP contribution in [-0.4, -0.2) is 16.3 Å². The summed E-state index contributed by atoms with van der Waals surface area (Å²) in [4.78, 5) is 17.8. The van der Waals surface area contributed by atoms with Gasteiger partial charge in [0, 0.05) is 5.69 Å². The van der Waals surface area contributed by atoms with Crippen LogP contribution in [0.2, 0.25) is 0 Å². The molecule has 0 fully saturated rings. The lowest BCUT2D eigenvalue weighted by Gasteiger charge is -2.07. The molecule has 0 amide bonds. The molecule has 1 aromatic heterocycles. The Morgan fingerprint density at radius 2 is 2.25 bits per heavy atom. The molecule has 0 aliphatic heterocycles. The number of aromatic amines is 1. The first-order valence-corrected chi connectivity index (χ1v) is 4.40. The normalized spacial score (nSPS) is 15.7. The molecule has 0 bridgehead atoms. The van der Waals surface area contributed by atoms with E-state index in [0.717, 1.165) is 25.0 Å². The van der Waals surface area contributed by atoms with Crippen molar-refractivity contribution in [3.05, 3.63) is 17.2 Å². The Bertz CT molecular complexity index is 267. The molecule has 1 N–H and O–H groups in total. The fraction of sp³-hybridized carbons (Fsp3) is 0.556. The number of aromatic nitrogens is 2. The van der Waals surface area contributed by atoms with E-state index in [1.54, 1.807) is 0 Å². The average molecular weight is 164 g/mol. The Kier molecular flexibility index (Phi) is 1.94. The molecular formula is C9H12N2O. The topological polar surface area (TPSA) is 45.8 Å². The Morgan fingerprint density at radius 1 is 1.42 bits per heavy atom. The predicted molar refractivity (Wildman–Crippen MR) is 45.0 cm³/mol. The number of imidazole rings is 1. The standard InChI is InChI=1S/C9H12N2O/c12-6-5-9-10-7-3-1-2-4-8(7)11-9/h6H,1-5H2,(H,10,11). The first-order valence-electron chi connectivity index (χ1n) is 4.40. The number of aldehydes is 1.